The highest BCUT2D eigenvalue weighted by molar-refractivity contribution is 6.04. The molecule has 0 saturated carbocycles. The number of halogens is 1. The van der Waals surface area contributed by atoms with E-state index in [1.54, 1.807) is 24.5 Å². The second-order valence-corrected chi connectivity index (χ2v) is 2.47. The predicted molar refractivity (Wildman–Crippen MR) is 51.9 cm³/mol. The number of hydrogen-bond donors (Lipinski definition) is 2. The number of nitrogens with zero attached hydrogens (tertiary/aromatic N) is 1. The van der Waals surface area contributed by atoms with Crippen LogP contribution in [0.2, 0.25) is 0 Å². The lowest BCUT2D eigenvalue weighted by atomic mass is 10.2. The van der Waals surface area contributed by atoms with Gasteiger partial charge >= 0.3 is 0 Å². The minimum absolute atomic E-state index is 0. The molecule has 4 nitrogen and oxygen atoms in total. The summed E-state index contributed by atoms with van der Waals surface area (Å²) in [7, 11) is 0. The molecule has 0 fully saturated rings. The first kappa shape index (κ1) is 9.54. The first-order valence-electron chi connectivity index (χ1n) is 3.51. The van der Waals surface area contributed by atoms with Crippen molar-refractivity contribution in [3.05, 3.63) is 30.1 Å². The molecule has 0 spiro atoms. The third kappa shape index (κ3) is 1.48. The second-order valence-electron chi connectivity index (χ2n) is 2.47. The van der Waals surface area contributed by atoms with E-state index in [1.807, 2.05) is 0 Å². The maximum atomic E-state index is 10.9. The normalized spacial score (nSPS) is 9.54. The van der Waals surface area contributed by atoms with E-state index < -0.39 is 5.91 Å². The van der Waals surface area contributed by atoms with E-state index in [9.17, 15) is 4.79 Å². The maximum Gasteiger partial charge on any atom is 0.250 e. The van der Waals surface area contributed by atoms with Crippen LogP contribution < -0.4 is 5.73 Å². The molecule has 0 aliphatic rings. The van der Waals surface area contributed by atoms with Gasteiger partial charge in [0.25, 0.3) is 5.91 Å². The fourth-order valence-electron chi connectivity index (χ4n) is 1.16. The van der Waals surface area contributed by atoms with E-state index in [0.717, 1.165) is 5.39 Å². The summed E-state index contributed by atoms with van der Waals surface area (Å²) >= 11 is 0. The molecule has 0 saturated heterocycles. The maximum absolute atomic E-state index is 10.9. The van der Waals surface area contributed by atoms with Gasteiger partial charge in [0.15, 0.2) is 0 Å². The lowest BCUT2D eigenvalue weighted by Gasteiger charge is -1.89. The van der Waals surface area contributed by atoms with Crippen molar-refractivity contribution in [2.75, 3.05) is 0 Å². The summed E-state index contributed by atoms with van der Waals surface area (Å²) in [4.78, 5) is 17.7. The Morgan fingerprint density at radius 3 is 3.00 bits per heavy atom. The van der Waals surface area contributed by atoms with E-state index in [-0.39, 0.29) is 12.4 Å². The van der Waals surface area contributed by atoms with Gasteiger partial charge in [0.05, 0.1) is 5.56 Å². The average Bonchev–Trinajstić information content (AvgIpc) is 2.47. The predicted octanol–water partition coefficient (Wildman–Crippen LogP) is 1.08. The number of H-pyrrole nitrogens is 1. The van der Waals surface area contributed by atoms with Crippen molar-refractivity contribution in [1.82, 2.24) is 9.97 Å². The minimum Gasteiger partial charge on any atom is -0.366 e. The Hall–Kier alpha value is -1.55. The first-order chi connectivity index (χ1) is 5.79. The monoisotopic (exact) mass is 197 g/mol. The van der Waals surface area contributed by atoms with Crippen molar-refractivity contribution in [2.24, 2.45) is 5.73 Å². The smallest absolute Gasteiger partial charge is 0.250 e. The molecule has 2 heterocycles. The number of aromatic amines is 1. The zero-order valence-electron chi connectivity index (χ0n) is 6.65. The van der Waals surface area contributed by atoms with Crippen LogP contribution in [-0.4, -0.2) is 15.9 Å². The van der Waals surface area contributed by atoms with Crippen LogP contribution >= 0.6 is 12.4 Å². The van der Waals surface area contributed by atoms with Crippen molar-refractivity contribution in [3.8, 4) is 0 Å². The molecule has 1 amide bonds. The quantitative estimate of drug-likeness (QED) is 0.718. The number of rotatable bonds is 1. The Balaban J connectivity index is 0.000000845. The zero-order chi connectivity index (χ0) is 8.55. The summed E-state index contributed by atoms with van der Waals surface area (Å²) < 4.78 is 0. The molecule has 3 N–H and O–H groups in total. The van der Waals surface area contributed by atoms with E-state index in [1.165, 1.54) is 0 Å². The van der Waals surface area contributed by atoms with Crippen LogP contribution in [0.3, 0.4) is 0 Å². The SMILES string of the molecule is Cl.NC(=O)c1c[nH]c2ncccc12. The van der Waals surface area contributed by atoms with Crippen LogP contribution in [-0.2, 0) is 0 Å². The number of primary amides is 1. The van der Waals surface area contributed by atoms with Gasteiger partial charge in [0.1, 0.15) is 5.65 Å². The van der Waals surface area contributed by atoms with Crippen molar-refractivity contribution < 1.29 is 4.79 Å². The summed E-state index contributed by atoms with van der Waals surface area (Å²) in [6.07, 6.45) is 3.23. The Morgan fingerprint density at radius 1 is 1.54 bits per heavy atom. The van der Waals surface area contributed by atoms with E-state index in [2.05, 4.69) is 9.97 Å². The fourth-order valence-corrected chi connectivity index (χ4v) is 1.16. The molecule has 68 valence electrons. The van der Waals surface area contributed by atoms with Gasteiger partial charge in [0, 0.05) is 17.8 Å². The van der Waals surface area contributed by atoms with Crippen LogP contribution in [0, 0.1) is 0 Å². The number of nitrogens with one attached hydrogen (secondary N) is 1. The van der Waals surface area contributed by atoms with Gasteiger partial charge in [-0.1, -0.05) is 0 Å². The minimum atomic E-state index is -0.436. The molecule has 2 aromatic rings. The van der Waals surface area contributed by atoms with Gasteiger partial charge in [-0.3, -0.25) is 4.79 Å². The lowest BCUT2D eigenvalue weighted by Crippen LogP contribution is -2.09. The molecule has 0 radical (unpaired) electrons. The molecule has 0 unspecified atom stereocenters. The first-order valence-corrected chi connectivity index (χ1v) is 3.51. The highest BCUT2D eigenvalue weighted by Gasteiger charge is 2.07. The van der Waals surface area contributed by atoms with Gasteiger partial charge in [0.2, 0.25) is 0 Å². The molecule has 0 atom stereocenters. The Bertz CT molecular complexity index is 438. The van der Waals surface area contributed by atoms with Crippen molar-refractivity contribution in [3.63, 3.8) is 0 Å². The largest absolute Gasteiger partial charge is 0.366 e. The summed E-state index contributed by atoms with van der Waals surface area (Å²) in [6.45, 7) is 0. The second kappa shape index (κ2) is 3.45. The molecule has 0 aliphatic carbocycles. The van der Waals surface area contributed by atoms with Gasteiger partial charge in [-0.2, -0.15) is 0 Å². The topological polar surface area (TPSA) is 71.8 Å². The van der Waals surface area contributed by atoms with Crippen LogP contribution in [0.4, 0.5) is 0 Å². The zero-order valence-corrected chi connectivity index (χ0v) is 7.47. The molecule has 0 aliphatic heterocycles. The number of carbonyl (C=O) groups excluding carboxylic acids is 1. The number of pyridine rings is 1. The fraction of sp³-hybridized carbons (Fsp3) is 0. The van der Waals surface area contributed by atoms with E-state index in [4.69, 9.17) is 5.73 Å². The number of amides is 1. The number of fused-ring (bicyclic) bond motifs is 1. The molecule has 2 rings (SSSR count). The highest BCUT2D eigenvalue weighted by atomic mass is 35.5. The van der Waals surface area contributed by atoms with Gasteiger partial charge in [-0.25, -0.2) is 4.98 Å². The van der Waals surface area contributed by atoms with Crippen LogP contribution in [0.25, 0.3) is 11.0 Å². The molecular weight excluding hydrogens is 190 g/mol. The standard InChI is InChI=1S/C8H7N3O.ClH/c9-7(12)6-4-11-8-5(6)2-1-3-10-8;/h1-4H,(H2,9,12)(H,10,11);1H. The molecule has 0 aromatic carbocycles. The van der Waals surface area contributed by atoms with Crippen molar-refractivity contribution in [1.29, 1.82) is 0 Å². The number of nitrogens with two attached hydrogens (primary N) is 1. The molecule has 13 heavy (non-hydrogen) atoms. The van der Waals surface area contributed by atoms with Crippen molar-refractivity contribution >= 4 is 29.3 Å². The Morgan fingerprint density at radius 2 is 2.31 bits per heavy atom. The highest BCUT2D eigenvalue weighted by Crippen LogP contribution is 2.14. The summed E-state index contributed by atoms with van der Waals surface area (Å²) in [5, 5.41) is 0.769. The Labute approximate surface area is 80.6 Å². The average molecular weight is 198 g/mol. The third-order valence-electron chi connectivity index (χ3n) is 1.72. The van der Waals surface area contributed by atoms with E-state index in [0.29, 0.717) is 11.2 Å². The number of carbonyl (C=O) groups is 1. The van der Waals surface area contributed by atoms with Crippen LogP contribution in [0.5, 0.6) is 0 Å². The lowest BCUT2D eigenvalue weighted by molar-refractivity contribution is 0.100. The summed E-state index contributed by atoms with van der Waals surface area (Å²) in [5.74, 6) is -0.436. The van der Waals surface area contributed by atoms with Gasteiger partial charge in [-0.15, -0.1) is 12.4 Å². The molecular formula is C8H8ClN3O. The van der Waals surface area contributed by atoms with Gasteiger partial charge < -0.3 is 10.7 Å². The molecule has 5 heteroatoms. The van der Waals surface area contributed by atoms with Crippen LogP contribution in [0.15, 0.2) is 24.5 Å². The molecule has 0 bridgehead atoms. The van der Waals surface area contributed by atoms with E-state index >= 15 is 0 Å². The summed E-state index contributed by atoms with van der Waals surface area (Å²) in [5.41, 5.74) is 6.31. The van der Waals surface area contributed by atoms with Gasteiger partial charge in [-0.05, 0) is 12.1 Å². The summed E-state index contributed by atoms with van der Waals surface area (Å²) in [6, 6.07) is 3.57. The number of hydrogen-bond acceptors (Lipinski definition) is 2. The van der Waals surface area contributed by atoms with Crippen molar-refractivity contribution in [2.45, 2.75) is 0 Å². The van der Waals surface area contributed by atoms with Crippen LogP contribution in [0.1, 0.15) is 10.4 Å². The Kier molecular flexibility index (Phi) is 2.53. The number of aromatic nitrogens is 2. The third-order valence-corrected chi connectivity index (χ3v) is 1.72. The molecule has 2 aromatic heterocycles.